The molecule has 0 aliphatic carbocycles. The Hall–Kier alpha value is -3.73. The minimum Gasteiger partial charge on any atom is -0.319 e. The van der Waals surface area contributed by atoms with Gasteiger partial charge in [-0.2, -0.15) is 5.26 Å². The largest absolute Gasteiger partial charge is 0.325 e. The van der Waals surface area contributed by atoms with Gasteiger partial charge in [-0.05, 0) is 36.2 Å². The van der Waals surface area contributed by atoms with Crippen molar-refractivity contribution in [2.45, 2.75) is 19.0 Å². The number of carbonyl (C=O) groups excluding carboxylic acids is 2. The Kier molecular flexibility index (Phi) is 4.14. The highest BCUT2D eigenvalue weighted by Crippen LogP contribution is 2.31. The Balaban J connectivity index is 1.90. The lowest BCUT2D eigenvalue weighted by atomic mass is 9.92. The van der Waals surface area contributed by atoms with Crippen LogP contribution in [0.2, 0.25) is 0 Å². The van der Waals surface area contributed by atoms with Crippen LogP contribution >= 0.6 is 0 Å². The van der Waals surface area contributed by atoms with Crippen LogP contribution < -0.4 is 5.32 Å². The van der Waals surface area contributed by atoms with Crippen molar-refractivity contribution in [3.05, 3.63) is 75.3 Å². The summed E-state index contributed by atoms with van der Waals surface area (Å²) in [7, 11) is 0. The first kappa shape index (κ1) is 17.1. The predicted molar refractivity (Wildman–Crippen MR) is 90.7 cm³/mol. The molecule has 8 heteroatoms. The van der Waals surface area contributed by atoms with Crippen LogP contribution in [-0.2, 0) is 16.9 Å². The average Bonchev–Trinajstić information content (AvgIpc) is 2.86. The maximum absolute atomic E-state index is 12.9. The highest BCUT2D eigenvalue weighted by atomic mass is 16.6. The van der Waals surface area contributed by atoms with Crippen molar-refractivity contribution in [3.8, 4) is 6.07 Å². The number of imide groups is 1. The molecular formula is C18H14N4O4. The van der Waals surface area contributed by atoms with Gasteiger partial charge in [-0.3, -0.25) is 19.8 Å². The van der Waals surface area contributed by atoms with Gasteiger partial charge in [-0.15, -0.1) is 0 Å². The molecule has 1 heterocycles. The molecule has 2 aromatic rings. The van der Waals surface area contributed by atoms with Crippen molar-refractivity contribution in [2.75, 3.05) is 0 Å². The number of non-ortho nitro benzene ring substituents is 1. The van der Waals surface area contributed by atoms with E-state index < -0.39 is 22.4 Å². The van der Waals surface area contributed by atoms with E-state index in [9.17, 15) is 19.7 Å². The van der Waals surface area contributed by atoms with Gasteiger partial charge < -0.3 is 5.32 Å². The molecule has 3 amide bonds. The number of nitrogens with one attached hydrogen (secondary N) is 1. The molecule has 1 saturated heterocycles. The quantitative estimate of drug-likeness (QED) is 0.516. The summed E-state index contributed by atoms with van der Waals surface area (Å²) < 4.78 is 0. The van der Waals surface area contributed by atoms with Gasteiger partial charge in [0.15, 0.2) is 0 Å². The van der Waals surface area contributed by atoms with E-state index in [0.717, 1.165) is 4.90 Å². The molecule has 3 rings (SSSR count). The third-order valence-corrected chi connectivity index (χ3v) is 4.40. The van der Waals surface area contributed by atoms with E-state index in [1.165, 1.54) is 24.3 Å². The fourth-order valence-corrected chi connectivity index (χ4v) is 2.89. The third-order valence-electron chi connectivity index (χ3n) is 4.40. The molecule has 1 N–H and O–H groups in total. The molecule has 0 aromatic heterocycles. The van der Waals surface area contributed by atoms with Crippen LogP contribution in [0.25, 0.3) is 0 Å². The van der Waals surface area contributed by atoms with Crippen molar-refractivity contribution in [1.82, 2.24) is 10.2 Å². The first-order valence-electron chi connectivity index (χ1n) is 7.74. The van der Waals surface area contributed by atoms with Crippen LogP contribution in [0.1, 0.15) is 23.6 Å². The van der Waals surface area contributed by atoms with Crippen molar-refractivity contribution in [2.24, 2.45) is 0 Å². The van der Waals surface area contributed by atoms with Crippen LogP contribution in [0.3, 0.4) is 0 Å². The lowest BCUT2D eigenvalue weighted by molar-refractivity contribution is -0.384. The number of nitro benzene ring substituents is 1. The molecule has 1 aliphatic rings. The van der Waals surface area contributed by atoms with Crippen molar-refractivity contribution >= 4 is 17.6 Å². The summed E-state index contributed by atoms with van der Waals surface area (Å²) in [6.07, 6.45) is 0. The number of nitrogens with zero attached hydrogens (tertiary/aromatic N) is 3. The van der Waals surface area contributed by atoms with Gasteiger partial charge in [0, 0.05) is 12.1 Å². The molecule has 1 aliphatic heterocycles. The maximum atomic E-state index is 12.9. The van der Waals surface area contributed by atoms with Crippen LogP contribution in [0.15, 0.2) is 48.5 Å². The summed E-state index contributed by atoms with van der Waals surface area (Å²) in [6, 6.07) is 13.6. The average molecular weight is 350 g/mol. The van der Waals surface area contributed by atoms with E-state index in [1.54, 1.807) is 31.2 Å². The lowest BCUT2D eigenvalue weighted by Gasteiger charge is -2.22. The Morgan fingerprint density at radius 2 is 1.85 bits per heavy atom. The zero-order chi connectivity index (χ0) is 18.9. The number of hydrogen-bond donors (Lipinski definition) is 1. The molecule has 0 spiro atoms. The molecule has 1 atom stereocenters. The summed E-state index contributed by atoms with van der Waals surface area (Å²) in [6.45, 7) is 1.52. The monoisotopic (exact) mass is 350 g/mol. The molecule has 2 aromatic carbocycles. The number of amides is 3. The summed E-state index contributed by atoms with van der Waals surface area (Å²) in [5, 5.41) is 22.6. The Morgan fingerprint density at radius 3 is 2.46 bits per heavy atom. The summed E-state index contributed by atoms with van der Waals surface area (Å²) in [4.78, 5) is 36.5. The van der Waals surface area contributed by atoms with Crippen molar-refractivity contribution in [3.63, 3.8) is 0 Å². The maximum Gasteiger partial charge on any atom is 0.325 e. The molecule has 1 fully saturated rings. The normalized spacial score (nSPS) is 19.2. The van der Waals surface area contributed by atoms with E-state index in [0.29, 0.717) is 16.7 Å². The number of nitriles is 1. The number of carbonyl (C=O) groups is 2. The molecule has 8 nitrogen and oxygen atoms in total. The van der Waals surface area contributed by atoms with Gasteiger partial charge in [0.05, 0.1) is 23.1 Å². The Bertz CT molecular complexity index is 948. The second-order valence-electron chi connectivity index (χ2n) is 6.02. The van der Waals surface area contributed by atoms with E-state index in [-0.39, 0.29) is 12.2 Å². The van der Waals surface area contributed by atoms with Crippen LogP contribution in [0.4, 0.5) is 10.5 Å². The SMILES string of the molecule is C[C@]1(c2ccc([N+](=O)[O-])cc2)NC(=O)N(Cc2ccccc2C#N)C1=O. The van der Waals surface area contributed by atoms with Gasteiger partial charge in [0.25, 0.3) is 11.6 Å². The van der Waals surface area contributed by atoms with E-state index >= 15 is 0 Å². The van der Waals surface area contributed by atoms with Crippen molar-refractivity contribution in [1.29, 1.82) is 5.26 Å². The number of rotatable bonds is 4. The summed E-state index contributed by atoms with van der Waals surface area (Å²) in [5.74, 6) is -0.482. The molecular weight excluding hydrogens is 336 g/mol. The van der Waals surface area contributed by atoms with E-state index in [2.05, 4.69) is 5.32 Å². The first-order valence-corrected chi connectivity index (χ1v) is 7.74. The second kappa shape index (κ2) is 6.29. The van der Waals surface area contributed by atoms with Crippen LogP contribution in [0.5, 0.6) is 0 Å². The molecule has 26 heavy (non-hydrogen) atoms. The number of urea groups is 1. The minimum absolute atomic E-state index is 0.0308. The van der Waals surface area contributed by atoms with Gasteiger partial charge >= 0.3 is 6.03 Å². The first-order chi connectivity index (χ1) is 12.4. The molecule has 130 valence electrons. The lowest BCUT2D eigenvalue weighted by Crippen LogP contribution is -2.40. The highest BCUT2D eigenvalue weighted by Gasteiger charge is 2.49. The molecule has 0 unspecified atom stereocenters. The Labute approximate surface area is 148 Å². The summed E-state index contributed by atoms with van der Waals surface area (Å²) >= 11 is 0. The van der Waals surface area contributed by atoms with Gasteiger partial charge in [-0.25, -0.2) is 4.79 Å². The second-order valence-corrected chi connectivity index (χ2v) is 6.02. The fourth-order valence-electron chi connectivity index (χ4n) is 2.89. The van der Waals surface area contributed by atoms with Gasteiger partial charge in [-0.1, -0.05) is 18.2 Å². The fraction of sp³-hybridized carbons (Fsp3) is 0.167. The zero-order valence-corrected chi connectivity index (χ0v) is 13.8. The number of hydrogen-bond acceptors (Lipinski definition) is 5. The van der Waals surface area contributed by atoms with E-state index in [4.69, 9.17) is 5.26 Å². The number of benzene rings is 2. The van der Waals surface area contributed by atoms with Crippen LogP contribution in [0, 0.1) is 21.4 Å². The standard InChI is InChI=1S/C18H14N4O4/c1-18(14-6-8-15(9-7-14)22(25)26)16(23)21(17(24)20-18)11-13-5-3-2-4-12(13)10-19/h2-9H,11H2,1H3,(H,20,24)/t18-/m1/s1. The van der Waals surface area contributed by atoms with Crippen LogP contribution in [-0.4, -0.2) is 21.8 Å². The minimum atomic E-state index is -1.33. The molecule has 0 radical (unpaired) electrons. The topological polar surface area (TPSA) is 116 Å². The predicted octanol–water partition coefficient (Wildman–Crippen LogP) is 2.43. The third kappa shape index (κ3) is 2.75. The zero-order valence-electron chi connectivity index (χ0n) is 13.8. The summed E-state index contributed by atoms with van der Waals surface area (Å²) in [5.41, 5.74) is -0.0386. The molecule has 0 saturated carbocycles. The van der Waals surface area contributed by atoms with E-state index in [1.807, 2.05) is 6.07 Å². The number of nitro groups is 1. The molecule has 0 bridgehead atoms. The van der Waals surface area contributed by atoms with Gasteiger partial charge in [0.2, 0.25) is 0 Å². The Morgan fingerprint density at radius 1 is 1.19 bits per heavy atom. The van der Waals surface area contributed by atoms with Gasteiger partial charge in [0.1, 0.15) is 5.54 Å². The highest BCUT2D eigenvalue weighted by molar-refractivity contribution is 6.07. The van der Waals surface area contributed by atoms with Crippen molar-refractivity contribution < 1.29 is 14.5 Å². The smallest absolute Gasteiger partial charge is 0.319 e.